The monoisotopic (exact) mass is 276 g/mol. The molecule has 0 aliphatic heterocycles. The molecular weight excluding hydrogens is 244 g/mol. The maximum Gasteiger partial charge on any atom is 0.0447 e. The number of nitrogens with zero attached hydrogens (tertiary/aromatic N) is 1. The van der Waals surface area contributed by atoms with Crippen molar-refractivity contribution < 1.29 is 0 Å². The first-order chi connectivity index (χ1) is 9.35. The first-order valence-corrected chi connectivity index (χ1v) is 7.83. The fourth-order valence-electron chi connectivity index (χ4n) is 2.54. The number of hydrogen-bond donors (Lipinski definition) is 1. The van der Waals surface area contributed by atoms with Crippen LogP contribution in [0.5, 0.6) is 0 Å². The molecule has 0 fully saturated rings. The lowest BCUT2D eigenvalue weighted by molar-refractivity contribution is 0.179. The summed E-state index contributed by atoms with van der Waals surface area (Å²) in [5.41, 5.74) is 4.14. The van der Waals surface area contributed by atoms with Crippen molar-refractivity contribution in [2.45, 2.75) is 53.6 Å². The molecule has 0 aromatic heterocycles. The van der Waals surface area contributed by atoms with Crippen LogP contribution in [0.4, 0.5) is 0 Å². The van der Waals surface area contributed by atoms with Gasteiger partial charge in [-0.15, -0.1) is 0 Å². The van der Waals surface area contributed by atoms with Gasteiger partial charge in [0, 0.05) is 25.2 Å². The maximum atomic E-state index is 3.48. The molecule has 0 radical (unpaired) electrons. The zero-order valence-corrected chi connectivity index (χ0v) is 14.3. The van der Waals surface area contributed by atoms with Gasteiger partial charge in [-0.1, -0.05) is 32.0 Å². The minimum absolute atomic E-state index is 0.399. The molecule has 2 heteroatoms. The minimum atomic E-state index is 0.399. The Morgan fingerprint density at radius 1 is 1.00 bits per heavy atom. The lowest BCUT2D eigenvalue weighted by Gasteiger charge is -2.32. The van der Waals surface area contributed by atoms with Gasteiger partial charge < -0.3 is 5.32 Å². The predicted octanol–water partition coefficient (Wildman–Crippen LogP) is 3.93. The SMILES string of the molecule is CNC(CN(CC(C)C)C(C)C)c1ccc(C)c(C)c1. The van der Waals surface area contributed by atoms with Gasteiger partial charge in [0.05, 0.1) is 0 Å². The van der Waals surface area contributed by atoms with Gasteiger partial charge in [-0.2, -0.15) is 0 Å². The molecular formula is C18H32N2. The van der Waals surface area contributed by atoms with Crippen LogP contribution in [-0.2, 0) is 0 Å². The van der Waals surface area contributed by atoms with Crippen molar-refractivity contribution in [2.75, 3.05) is 20.1 Å². The van der Waals surface area contributed by atoms with Crippen LogP contribution in [-0.4, -0.2) is 31.1 Å². The summed E-state index contributed by atoms with van der Waals surface area (Å²) in [6.45, 7) is 15.7. The largest absolute Gasteiger partial charge is 0.312 e. The molecule has 0 bridgehead atoms. The Hall–Kier alpha value is -0.860. The van der Waals surface area contributed by atoms with E-state index in [2.05, 4.69) is 77.0 Å². The number of likely N-dealkylation sites (N-methyl/N-ethyl adjacent to an activating group) is 1. The fourth-order valence-corrected chi connectivity index (χ4v) is 2.54. The summed E-state index contributed by atoms with van der Waals surface area (Å²) in [4.78, 5) is 2.57. The van der Waals surface area contributed by atoms with Crippen LogP contribution in [0, 0.1) is 19.8 Å². The molecule has 1 rings (SSSR count). The highest BCUT2D eigenvalue weighted by Gasteiger charge is 2.18. The Morgan fingerprint density at radius 2 is 1.65 bits per heavy atom. The van der Waals surface area contributed by atoms with Gasteiger partial charge in [0.15, 0.2) is 0 Å². The number of nitrogens with one attached hydrogen (secondary N) is 1. The van der Waals surface area contributed by atoms with Gasteiger partial charge in [-0.3, -0.25) is 4.90 Å². The quantitative estimate of drug-likeness (QED) is 0.811. The van der Waals surface area contributed by atoms with E-state index in [-0.39, 0.29) is 0 Å². The van der Waals surface area contributed by atoms with Gasteiger partial charge in [0.25, 0.3) is 0 Å². The van der Waals surface area contributed by atoms with Crippen LogP contribution >= 0.6 is 0 Å². The topological polar surface area (TPSA) is 15.3 Å². The third-order valence-corrected chi connectivity index (χ3v) is 4.03. The Bertz CT molecular complexity index is 410. The molecule has 0 saturated carbocycles. The third-order valence-electron chi connectivity index (χ3n) is 4.03. The molecule has 0 amide bonds. The molecule has 1 atom stereocenters. The van der Waals surface area contributed by atoms with Crippen molar-refractivity contribution in [1.29, 1.82) is 0 Å². The van der Waals surface area contributed by atoms with E-state index in [0.29, 0.717) is 18.0 Å². The summed E-state index contributed by atoms with van der Waals surface area (Å²) in [7, 11) is 2.06. The zero-order valence-electron chi connectivity index (χ0n) is 14.3. The molecule has 0 aliphatic carbocycles. The van der Waals surface area contributed by atoms with Gasteiger partial charge in [-0.25, -0.2) is 0 Å². The summed E-state index contributed by atoms with van der Waals surface area (Å²) in [5, 5.41) is 3.48. The number of aryl methyl sites for hydroxylation is 2. The van der Waals surface area contributed by atoms with E-state index in [1.54, 1.807) is 0 Å². The van der Waals surface area contributed by atoms with Gasteiger partial charge in [-0.05, 0) is 57.4 Å². The van der Waals surface area contributed by atoms with Gasteiger partial charge >= 0.3 is 0 Å². The van der Waals surface area contributed by atoms with Crippen molar-refractivity contribution in [3.05, 3.63) is 34.9 Å². The molecule has 1 aromatic rings. The van der Waals surface area contributed by atoms with Crippen molar-refractivity contribution in [3.63, 3.8) is 0 Å². The predicted molar refractivity (Wildman–Crippen MR) is 89.3 cm³/mol. The van der Waals surface area contributed by atoms with Crippen molar-refractivity contribution in [1.82, 2.24) is 10.2 Å². The second-order valence-corrected chi connectivity index (χ2v) is 6.63. The second kappa shape index (κ2) is 7.80. The molecule has 20 heavy (non-hydrogen) atoms. The molecule has 114 valence electrons. The molecule has 0 saturated heterocycles. The van der Waals surface area contributed by atoms with Gasteiger partial charge in [0.2, 0.25) is 0 Å². The summed E-state index contributed by atoms with van der Waals surface area (Å²) >= 11 is 0. The van der Waals surface area contributed by atoms with E-state index in [4.69, 9.17) is 0 Å². The van der Waals surface area contributed by atoms with Gasteiger partial charge in [0.1, 0.15) is 0 Å². The lowest BCUT2D eigenvalue weighted by Crippen LogP contribution is -2.40. The fraction of sp³-hybridized carbons (Fsp3) is 0.667. The van der Waals surface area contributed by atoms with E-state index in [0.717, 1.165) is 13.1 Å². The number of rotatable bonds is 7. The average molecular weight is 276 g/mol. The van der Waals surface area contributed by atoms with Crippen LogP contribution < -0.4 is 5.32 Å². The smallest absolute Gasteiger partial charge is 0.0447 e. The first kappa shape index (κ1) is 17.2. The molecule has 1 N–H and O–H groups in total. The van der Waals surface area contributed by atoms with Crippen LogP contribution in [0.25, 0.3) is 0 Å². The standard InChI is InChI=1S/C18H32N2/c1-13(2)11-20(14(3)4)12-18(19-7)17-9-8-15(5)16(6)10-17/h8-10,13-14,18-19H,11-12H2,1-7H3. The van der Waals surface area contributed by atoms with Crippen LogP contribution in [0.15, 0.2) is 18.2 Å². The molecule has 0 aliphatic rings. The van der Waals surface area contributed by atoms with E-state index in [1.165, 1.54) is 16.7 Å². The van der Waals surface area contributed by atoms with Crippen LogP contribution in [0.1, 0.15) is 50.4 Å². The highest BCUT2D eigenvalue weighted by atomic mass is 15.2. The van der Waals surface area contributed by atoms with Crippen molar-refractivity contribution in [2.24, 2.45) is 5.92 Å². The molecule has 1 aromatic carbocycles. The summed E-state index contributed by atoms with van der Waals surface area (Å²) in [6.07, 6.45) is 0. The zero-order chi connectivity index (χ0) is 15.3. The summed E-state index contributed by atoms with van der Waals surface area (Å²) in [6, 6.07) is 7.80. The summed E-state index contributed by atoms with van der Waals surface area (Å²) in [5.74, 6) is 0.703. The average Bonchev–Trinajstić information content (AvgIpc) is 2.37. The minimum Gasteiger partial charge on any atom is -0.312 e. The van der Waals surface area contributed by atoms with E-state index >= 15 is 0 Å². The van der Waals surface area contributed by atoms with Crippen molar-refractivity contribution >= 4 is 0 Å². The van der Waals surface area contributed by atoms with E-state index < -0.39 is 0 Å². The molecule has 2 nitrogen and oxygen atoms in total. The highest BCUT2D eigenvalue weighted by Crippen LogP contribution is 2.19. The molecule has 1 unspecified atom stereocenters. The number of benzene rings is 1. The summed E-state index contributed by atoms with van der Waals surface area (Å²) < 4.78 is 0. The molecule has 0 spiro atoms. The normalized spacial score (nSPS) is 13.5. The Balaban J connectivity index is 2.85. The van der Waals surface area contributed by atoms with E-state index in [1.807, 2.05) is 0 Å². The molecule has 0 heterocycles. The lowest BCUT2D eigenvalue weighted by atomic mass is 10.00. The highest BCUT2D eigenvalue weighted by molar-refractivity contribution is 5.31. The Kier molecular flexibility index (Phi) is 6.70. The third kappa shape index (κ3) is 4.92. The Labute approximate surface area is 125 Å². The van der Waals surface area contributed by atoms with E-state index in [9.17, 15) is 0 Å². The number of hydrogen-bond acceptors (Lipinski definition) is 2. The van der Waals surface area contributed by atoms with Crippen LogP contribution in [0.2, 0.25) is 0 Å². The van der Waals surface area contributed by atoms with Crippen molar-refractivity contribution in [3.8, 4) is 0 Å². The van der Waals surface area contributed by atoms with Crippen LogP contribution in [0.3, 0.4) is 0 Å². The second-order valence-electron chi connectivity index (χ2n) is 6.63. The Morgan fingerprint density at radius 3 is 2.10 bits per heavy atom. The maximum absolute atomic E-state index is 3.48. The first-order valence-electron chi connectivity index (χ1n) is 7.83.